The number of amides is 1. The zero-order valence-electron chi connectivity index (χ0n) is 19.4. The fraction of sp³-hybridized carbons (Fsp3) is 0.400. The van der Waals surface area contributed by atoms with E-state index in [1.807, 2.05) is 41.3 Å². The van der Waals surface area contributed by atoms with Crippen LogP contribution in [-0.4, -0.2) is 73.1 Å². The van der Waals surface area contributed by atoms with Gasteiger partial charge in [-0.15, -0.1) is 0 Å². The monoisotopic (exact) mass is 499 g/mol. The molecule has 0 atom stereocenters. The number of ether oxygens (including phenoxy) is 1. The first kappa shape index (κ1) is 24.4. The van der Waals surface area contributed by atoms with Crippen LogP contribution in [0.25, 0.3) is 0 Å². The number of hydrogen-bond acceptors (Lipinski definition) is 7. The second kappa shape index (κ2) is 12.1. The molecular weight excluding hydrogens is 470 g/mol. The van der Waals surface area contributed by atoms with Crippen LogP contribution in [0.3, 0.4) is 0 Å². The summed E-state index contributed by atoms with van der Waals surface area (Å²) in [6.07, 6.45) is 1.14. The van der Waals surface area contributed by atoms with Crippen LogP contribution in [0.5, 0.6) is 0 Å². The van der Waals surface area contributed by atoms with Gasteiger partial charge >= 0.3 is 0 Å². The third-order valence-electron chi connectivity index (χ3n) is 5.90. The lowest BCUT2D eigenvalue weighted by Crippen LogP contribution is -2.49. The molecule has 0 unspecified atom stereocenters. The molecule has 0 saturated carbocycles. The molecule has 0 bridgehead atoms. The first-order chi connectivity index (χ1) is 16.6. The normalized spacial score (nSPS) is 13.8. The number of anilines is 2. The Labute approximate surface area is 210 Å². The van der Waals surface area contributed by atoms with Crippen LogP contribution in [-0.2, 0) is 16.0 Å². The van der Waals surface area contributed by atoms with Crippen molar-refractivity contribution in [3.05, 3.63) is 71.0 Å². The van der Waals surface area contributed by atoms with Crippen LogP contribution in [0.1, 0.15) is 17.8 Å². The molecule has 1 amide bonds. The minimum atomic E-state index is 0.169. The number of nitrogens with zero attached hydrogens (tertiary/aromatic N) is 5. The van der Waals surface area contributed by atoms with Gasteiger partial charge in [0.05, 0.1) is 6.61 Å². The lowest BCUT2D eigenvalue weighted by molar-refractivity contribution is -0.131. The van der Waals surface area contributed by atoms with Gasteiger partial charge in [-0.05, 0) is 23.8 Å². The van der Waals surface area contributed by atoms with E-state index in [0.717, 1.165) is 34.8 Å². The summed E-state index contributed by atoms with van der Waals surface area (Å²) in [5, 5.41) is 1.57. The molecule has 1 fully saturated rings. The Kier molecular flexibility index (Phi) is 8.73. The van der Waals surface area contributed by atoms with Crippen LogP contribution in [0.15, 0.2) is 54.6 Å². The summed E-state index contributed by atoms with van der Waals surface area (Å²) < 4.78 is 9.82. The van der Waals surface area contributed by atoms with Gasteiger partial charge in [0, 0.05) is 81.5 Å². The molecule has 1 saturated heterocycles. The Morgan fingerprint density at radius 2 is 1.88 bits per heavy atom. The minimum Gasteiger partial charge on any atom is -0.383 e. The molecule has 2 heterocycles. The van der Waals surface area contributed by atoms with Gasteiger partial charge in [0.25, 0.3) is 0 Å². The highest BCUT2D eigenvalue weighted by Crippen LogP contribution is 2.22. The minimum absolute atomic E-state index is 0.169. The standard InChI is InChI=1S/C25H30ClN5O2S/c1-33-17-16-31(25-27-23(28-34-25)18-20-6-3-2-4-7-20)11-10-24(32)30-14-12-29(13-15-30)22-9-5-8-21(26)19-22/h2-9,19H,10-18H2,1H3. The number of hydrogen-bond donors (Lipinski definition) is 0. The maximum Gasteiger partial charge on any atom is 0.224 e. The van der Waals surface area contributed by atoms with Crippen molar-refractivity contribution in [2.75, 3.05) is 62.8 Å². The highest BCUT2D eigenvalue weighted by molar-refractivity contribution is 7.09. The summed E-state index contributed by atoms with van der Waals surface area (Å²) in [6.45, 7) is 4.87. The van der Waals surface area contributed by atoms with Crippen molar-refractivity contribution in [1.29, 1.82) is 0 Å². The molecule has 2 aromatic carbocycles. The Hall–Kier alpha value is -2.68. The van der Waals surface area contributed by atoms with Gasteiger partial charge in [0.2, 0.25) is 11.0 Å². The van der Waals surface area contributed by atoms with Crippen LogP contribution >= 0.6 is 23.1 Å². The van der Waals surface area contributed by atoms with E-state index < -0.39 is 0 Å². The molecule has 0 N–H and O–H groups in total. The summed E-state index contributed by atoms with van der Waals surface area (Å²) in [6, 6.07) is 18.1. The summed E-state index contributed by atoms with van der Waals surface area (Å²) in [7, 11) is 1.68. The molecule has 180 valence electrons. The lowest BCUT2D eigenvalue weighted by atomic mass is 10.1. The number of carbonyl (C=O) groups excluding carboxylic acids is 1. The van der Waals surface area contributed by atoms with E-state index in [1.165, 1.54) is 17.1 Å². The topological polar surface area (TPSA) is 61.8 Å². The van der Waals surface area contributed by atoms with E-state index in [0.29, 0.717) is 45.6 Å². The molecule has 0 spiro atoms. The van der Waals surface area contributed by atoms with Gasteiger partial charge in [-0.3, -0.25) is 4.79 Å². The largest absolute Gasteiger partial charge is 0.383 e. The fourth-order valence-electron chi connectivity index (χ4n) is 4.00. The Morgan fingerprint density at radius 3 is 2.62 bits per heavy atom. The number of benzene rings is 2. The number of piperazine rings is 1. The number of carbonyl (C=O) groups is 1. The maximum atomic E-state index is 12.9. The van der Waals surface area contributed by atoms with Crippen LogP contribution in [0.4, 0.5) is 10.8 Å². The molecule has 1 aliphatic heterocycles. The predicted molar refractivity (Wildman–Crippen MR) is 138 cm³/mol. The van der Waals surface area contributed by atoms with Crippen LogP contribution in [0, 0.1) is 0 Å². The summed E-state index contributed by atoms with van der Waals surface area (Å²) >= 11 is 7.51. The summed E-state index contributed by atoms with van der Waals surface area (Å²) in [4.78, 5) is 24.0. The van der Waals surface area contributed by atoms with E-state index >= 15 is 0 Å². The van der Waals surface area contributed by atoms with Crippen molar-refractivity contribution in [2.45, 2.75) is 12.8 Å². The van der Waals surface area contributed by atoms with Gasteiger partial charge in [0.15, 0.2) is 0 Å². The number of rotatable bonds is 10. The van der Waals surface area contributed by atoms with Crippen molar-refractivity contribution in [3.8, 4) is 0 Å². The molecule has 4 rings (SSSR count). The van der Waals surface area contributed by atoms with Crippen molar-refractivity contribution < 1.29 is 9.53 Å². The van der Waals surface area contributed by atoms with Crippen molar-refractivity contribution in [3.63, 3.8) is 0 Å². The molecule has 1 aliphatic rings. The molecule has 9 heteroatoms. The molecular formula is C25H30ClN5O2S. The molecule has 34 heavy (non-hydrogen) atoms. The van der Waals surface area contributed by atoms with Gasteiger partial charge in [0.1, 0.15) is 5.82 Å². The van der Waals surface area contributed by atoms with E-state index in [9.17, 15) is 4.79 Å². The van der Waals surface area contributed by atoms with Crippen molar-refractivity contribution >= 4 is 39.9 Å². The van der Waals surface area contributed by atoms with E-state index in [2.05, 4.69) is 32.4 Å². The lowest BCUT2D eigenvalue weighted by Gasteiger charge is -2.36. The smallest absolute Gasteiger partial charge is 0.224 e. The van der Waals surface area contributed by atoms with Gasteiger partial charge < -0.3 is 19.4 Å². The average molecular weight is 500 g/mol. The number of halogens is 1. The third-order valence-corrected chi connectivity index (χ3v) is 6.95. The van der Waals surface area contributed by atoms with E-state index in [4.69, 9.17) is 21.3 Å². The van der Waals surface area contributed by atoms with E-state index in [1.54, 1.807) is 7.11 Å². The summed E-state index contributed by atoms with van der Waals surface area (Å²) in [5.41, 5.74) is 2.29. The first-order valence-corrected chi connectivity index (χ1v) is 12.7. The van der Waals surface area contributed by atoms with Crippen molar-refractivity contribution in [1.82, 2.24) is 14.3 Å². The Bertz CT molecular complexity index is 1060. The highest BCUT2D eigenvalue weighted by Gasteiger charge is 2.22. The Balaban J connectivity index is 1.30. The van der Waals surface area contributed by atoms with E-state index in [-0.39, 0.29) is 5.91 Å². The van der Waals surface area contributed by atoms with Gasteiger partial charge in [-0.2, -0.15) is 4.37 Å². The van der Waals surface area contributed by atoms with Crippen molar-refractivity contribution in [2.24, 2.45) is 0 Å². The maximum absolute atomic E-state index is 12.9. The zero-order valence-corrected chi connectivity index (χ0v) is 21.0. The molecule has 7 nitrogen and oxygen atoms in total. The molecule has 0 aliphatic carbocycles. The van der Waals surface area contributed by atoms with Crippen LogP contribution in [0.2, 0.25) is 5.02 Å². The predicted octanol–water partition coefficient (Wildman–Crippen LogP) is 3.97. The first-order valence-electron chi connectivity index (χ1n) is 11.5. The Morgan fingerprint density at radius 1 is 1.09 bits per heavy atom. The number of methoxy groups -OCH3 is 1. The zero-order chi connectivity index (χ0) is 23.8. The molecule has 3 aromatic rings. The highest BCUT2D eigenvalue weighted by atomic mass is 35.5. The SMILES string of the molecule is COCCN(CCC(=O)N1CCN(c2cccc(Cl)c2)CC1)c1nc(Cc2ccccc2)ns1. The number of aromatic nitrogens is 2. The van der Waals surface area contributed by atoms with Gasteiger partial charge in [-0.25, -0.2) is 4.98 Å². The molecule has 0 radical (unpaired) electrons. The second-order valence-corrected chi connectivity index (χ2v) is 9.40. The quantitative estimate of drug-likeness (QED) is 0.420. The van der Waals surface area contributed by atoms with Crippen LogP contribution < -0.4 is 9.80 Å². The summed E-state index contributed by atoms with van der Waals surface area (Å²) in [5.74, 6) is 0.972. The molecule has 1 aromatic heterocycles. The second-order valence-electron chi connectivity index (χ2n) is 8.23. The fourth-order valence-corrected chi connectivity index (χ4v) is 4.92. The average Bonchev–Trinajstić information content (AvgIpc) is 3.33. The third kappa shape index (κ3) is 6.68. The van der Waals surface area contributed by atoms with Gasteiger partial charge in [-0.1, -0.05) is 48.0 Å².